The molecule has 0 saturated heterocycles. The normalized spacial score (nSPS) is 16.3. The van der Waals surface area contributed by atoms with E-state index in [0.717, 1.165) is 30.8 Å². The Morgan fingerprint density at radius 2 is 1.69 bits per heavy atom. The number of carbonyl (C=O) groups is 3. The van der Waals surface area contributed by atoms with Crippen LogP contribution in [-0.2, 0) is 14.8 Å². The first kappa shape index (κ1) is 20.3. The molecule has 29 heavy (non-hydrogen) atoms. The number of sulfonamides is 1. The van der Waals surface area contributed by atoms with E-state index in [1.165, 1.54) is 6.07 Å². The van der Waals surface area contributed by atoms with Gasteiger partial charge in [-0.2, -0.15) is 0 Å². The van der Waals surface area contributed by atoms with Crippen LogP contribution in [0.5, 0.6) is 0 Å². The van der Waals surface area contributed by atoms with Gasteiger partial charge in [0.2, 0.25) is 0 Å². The average molecular weight is 414 g/mol. The van der Waals surface area contributed by atoms with Crippen LogP contribution in [-0.4, -0.2) is 42.7 Å². The number of nitrogens with one attached hydrogen (secondary N) is 1. The second kappa shape index (κ2) is 7.51. The van der Waals surface area contributed by atoms with Crippen molar-refractivity contribution < 1.29 is 27.9 Å². The summed E-state index contributed by atoms with van der Waals surface area (Å²) in [6.45, 7) is 1.77. The Morgan fingerprint density at radius 1 is 1.07 bits per heavy atom. The van der Waals surface area contributed by atoms with Crippen molar-refractivity contribution in [2.45, 2.75) is 13.0 Å². The van der Waals surface area contributed by atoms with Crippen LogP contribution in [0.15, 0.2) is 54.6 Å². The molecule has 3 rings (SSSR count). The Kier molecular flexibility index (Phi) is 5.25. The highest BCUT2D eigenvalue weighted by atomic mass is 32.2. The van der Waals surface area contributed by atoms with Crippen LogP contribution < -0.4 is 5.32 Å². The van der Waals surface area contributed by atoms with Crippen LogP contribution in [0.3, 0.4) is 0 Å². The minimum Gasteiger partial charge on any atom is -0.478 e. The lowest BCUT2D eigenvalue weighted by molar-refractivity contribution is -0.120. The first-order valence-corrected chi connectivity index (χ1v) is 10.0. The summed E-state index contributed by atoms with van der Waals surface area (Å²) in [6.07, 6.45) is 0.907. The molecule has 0 radical (unpaired) electrons. The molecule has 0 aliphatic carbocycles. The van der Waals surface area contributed by atoms with Crippen molar-refractivity contribution in [2.75, 3.05) is 7.05 Å². The third-order valence-electron chi connectivity index (χ3n) is 4.58. The molecule has 0 bridgehead atoms. The molecule has 1 heterocycles. The maximum atomic E-state index is 12.7. The minimum absolute atomic E-state index is 0.0271. The SMILES string of the molecule is C[C@@H](NC(=O)c1cc(C(=O)O)cc(C2=CC(=O)N(C)S2(=O)=O)c1)c1ccccc1. The molecule has 0 unspecified atom stereocenters. The van der Waals surface area contributed by atoms with Gasteiger partial charge in [0.15, 0.2) is 0 Å². The first-order chi connectivity index (χ1) is 13.6. The topological polar surface area (TPSA) is 121 Å². The minimum atomic E-state index is -4.10. The Balaban J connectivity index is 2.00. The molecule has 150 valence electrons. The van der Waals surface area contributed by atoms with E-state index >= 15 is 0 Å². The van der Waals surface area contributed by atoms with Gasteiger partial charge in [0, 0.05) is 18.7 Å². The molecule has 1 aliphatic heterocycles. The van der Waals surface area contributed by atoms with Gasteiger partial charge in [0.25, 0.3) is 21.8 Å². The Hall–Kier alpha value is -3.46. The van der Waals surface area contributed by atoms with Crippen molar-refractivity contribution in [2.24, 2.45) is 0 Å². The molecule has 2 aromatic carbocycles. The van der Waals surface area contributed by atoms with Crippen molar-refractivity contribution in [1.82, 2.24) is 9.62 Å². The number of rotatable bonds is 5. The van der Waals surface area contributed by atoms with Crippen LogP contribution in [0.4, 0.5) is 0 Å². The van der Waals surface area contributed by atoms with Gasteiger partial charge in [-0.15, -0.1) is 0 Å². The Morgan fingerprint density at radius 3 is 2.24 bits per heavy atom. The zero-order valence-corrected chi connectivity index (χ0v) is 16.4. The summed E-state index contributed by atoms with van der Waals surface area (Å²) in [7, 11) is -2.99. The fourth-order valence-corrected chi connectivity index (χ4v) is 4.16. The second-order valence-corrected chi connectivity index (χ2v) is 8.47. The third kappa shape index (κ3) is 3.90. The van der Waals surface area contributed by atoms with Crippen molar-refractivity contribution in [3.63, 3.8) is 0 Å². The fraction of sp³-hybridized carbons (Fsp3) is 0.150. The predicted molar refractivity (Wildman–Crippen MR) is 105 cm³/mol. The summed E-state index contributed by atoms with van der Waals surface area (Å²) in [4.78, 5) is 35.6. The molecular formula is C20H18N2O6S. The molecule has 0 spiro atoms. The zero-order valence-electron chi connectivity index (χ0n) is 15.6. The lowest BCUT2D eigenvalue weighted by Crippen LogP contribution is -2.27. The summed E-state index contributed by atoms with van der Waals surface area (Å²) in [5.41, 5.74) is 0.516. The highest BCUT2D eigenvalue weighted by molar-refractivity contribution is 7.99. The van der Waals surface area contributed by atoms with Crippen molar-refractivity contribution in [3.8, 4) is 0 Å². The number of aromatic carboxylic acids is 1. The van der Waals surface area contributed by atoms with Gasteiger partial charge in [0.1, 0.15) is 4.91 Å². The van der Waals surface area contributed by atoms with Gasteiger partial charge in [0.05, 0.1) is 11.6 Å². The quantitative estimate of drug-likeness (QED) is 0.772. The first-order valence-electron chi connectivity index (χ1n) is 8.60. The van der Waals surface area contributed by atoms with Gasteiger partial charge in [-0.25, -0.2) is 17.5 Å². The summed E-state index contributed by atoms with van der Waals surface area (Å²) in [6, 6.07) is 12.3. The molecule has 9 heteroatoms. The standard InChI is InChI=1S/C20H18N2O6S/c1-12(13-6-4-3-5-7-13)21-19(24)15-8-14(9-16(10-15)20(25)26)17-11-18(23)22(2)29(17,27)28/h3-12H,1-2H3,(H,21,24)(H,25,26)/t12-/m1/s1. The van der Waals surface area contributed by atoms with E-state index in [-0.39, 0.29) is 27.6 Å². The van der Waals surface area contributed by atoms with Crippen LogP contribution in [0, 0.1) is 0 Å². The van der Waals surface area contributed by atoms with E-state index in [0.29, 0.717) is 4.31 Å². The fourth-order valence-electron chi connectivity index (χ4n) is 2.91. The monoisotopic (exact) mass is 414 g/mol. The number of carbonyl (C=O) groups excluding carboxylic acids is 2. The number of likely N-dealkylation sites (N-methyl/N-ethyl adjacent to an activating group) is 1. The van der Waals surface area contributed by atoms with Crippen molar-refractivity contribution in [1.29, 1.82) is 0 Å². The molecule has 0 fully saturated rings. The van der Waals surface area contributed by atoms with Crippen LogP contribution in [0.25, 0.3) is 4.91 Å². The van der Waals surface area contributed by atoms with Gasteiger partial charge >= 0.3 is 5.97 Å². The molecular weight excluding hydrogens is 396 g/mol. The van der Waals surface area contributed by atoms with E-state index < -0.39 is 27.8 Å². The number of amides is 2. The van der Waals surface area contributed by atoms with Crippen molar-refractivity contribution in [3.05, 3.63) is 76.9 Å². The van der Waals surface area contributed by atoms with E-state index in [1.54, 1.807) is 6.92 Å². The summed E-state index contributed by atoms with van der Waals surface area (Å²) in [5, 5.41) is 12.1. The number of nitrogens with zero attached hydrogens (tertiary/aromatic N) is 1. The number of carboxylic acids is 1. The van der Waals surface area contributed by atoms with E-state index in [1.807, 2.05) is 30.3 Å². The lowest BCUT2D eigenvalue weighted by atomic mass is 10.0. The molecule has 1 aliphatic rings. The highest BCUT2D eigenvalue weighted by Gasteiger charge is 2.35. The van der Waals surface area contributed by atoms with Crippen LogP contribution in [0.2, 0.25) is 0 Å². The van der Waals surface area contributed by atoms with Gasteiger partial charge < -0.3 is 10.4 Å². The summed E-state index contributed by atoms with van der Waals surface area (Å²) >= 11 is 0. The maximum Gasteiger partial charge on any atom is 0.335 e. The average Bonchev–Trinajstić information content (AvgIpc) is 2.91. The summed E-state index contributed by atoms with van der Waals surface area (Å²) in [5.74, 6) is -2.64. The largest absolute Gasteiger partial charge is 0.478 e. The van der Waals surface area contributed by atoms with Gasteiger partial charge in [-0.1, -0.05) is 30.3 Å². The predicted octanol–water partition coefficient (Wildman–Crippen LogP) is 2.02. The highest BCUT2D eigenvalue weighted by Crippen LogP contribution is 2.31. The van der Waals surface area contributed by atoms with E-state index in [9.17, 15) is 27.9 Å². The van der Waals surface area contributed by atoms with Crippen molar-refractivity contribution >= 4 is 32.7 Å². The smallest absolute Gasteiger partial charge is 0.335 e. The van der Waals surface area contributed by atoms with Crippen LogP contribution >= 0.6 is 0 Å². The molecule has 8 nitrogen and oxygen atoms in total. The number of hydrogen-bond donors (Lipinski definition) is 2. The summed E-state index contributed by atoms with van der Waals surface area (Å²) < 4.78 is 25.4. The van der Waals surface area contributed by atoms with E-state index in [4.69, 9.17) is 0 Å². The van der Waals surface area contributed by atoms with Crippen LogP contribution in [0.1, 0.15) is 44.8 Å². The number of hydrogen-bond acceptors (Lipinski definition) is 5. The second-order valence-electron chi connectivity index (χ2n) is 6.53. The lowest BCUT2D eigenvalue weighted by Gasteiger charge is -2.16. The third-order valence-corrected chi connectivity index (χ3v) is 6.39. The molecule has 1 atom stereocenters. The number of benzene rings is 2. The number of carboxylic acid groups (broad SMARTS) is 1. The maximum absolute atomic E-state index is 12.7. The van der Waals surface area contributed by atoms with Gasteiger partial charge in [-0.05, 0) is 36.2 Å². The Bertz CT molecular complexity index is 1140. The molecule has 0 saturated carbocycles. The van der Waals surface area contributed by atoms with E-state index in [2.05, 4.69) is 5.32 Å². The van der Waals surface area contributed by atoms with Gasteiger partial charge in [-0.3, -0.25) is 9.59 Å². The molecule has 2 N–H and O–H groups in total. The Labute approximate surface area is 167 Å². The molecule has 0 aromatic heterocycles. The molecule has 2 amide bonds. The zero-order chi connectivity index (χ0) is 21.3. The molecule has 2 aromatic rings.